The summed E-state index contributed by atoms with van der Waals surface area (Å²) in [5.41, 5.74) is 0. The molecule has 0 radical (unpaired) electrons. The van der Waals surface area contributed by atoms with Gasteiger partial charge in [0.2, 0.25) is 0 Å². The van der Waals surface area contributed by atoms with Gasteiger partial charge in [-0.2, -0.15) is 13.2 Å². The summed E-state index contributed by atoms with van der Waals surface area (Å²) in [6, 6.07) is 0. The van der Waals surface area contributed by atoms with Gasteiger partial charge < -0.3 is 0 Å². The Morgan fingerprint density at radius 2 is 2.06 bits per heavy atom. The third kappa shape index (κ3) is 4.51. The second kappa shape index (κ2) is 5.17. The fraction of sp³-hybridized carbons (Fsp3) is 0.909. The van der Waals surface area contributed by atoms with E-state index in [1.165, 1.54) is 11.9 Å². The quantitative estimate of drug-likeness (QED) is 0.751. The molecule has 1 aliphatic rings. The van der Waals surface area contributed by atoms with Crippen LogP contribution < -0.4 is 0 Å². The summed E-state index contributed by atoms with van der Waals surface area (Å²) in [6.45, 7) is 1.33. The molecule has 0 aromatic heterocycles. The first kappa shape index (κ1) is 13.5. The van der Waals surface area contributed by atoms with Crippen LogP contribution in [0.1, 0.15) is 26.2 Å². The number of alkyl halides is 3. The van der Waals surface area contributed by atoms with Crippen LogP contribution in [0, 0.1) is 11.8 Å². The Kier molecular flexibility index (Phi) is 4.35. The maximum atomic E-state index is 12.1. The second-order valence-electron chi connectivity index (χ2n) is 4.85. The van der Waals surface area contributed by atoms with Crippen LogP contribution in [0.15, 0.2) is 0 Å². The summed E-state index contributed by atoms with van der Waals surface area (Å²) in [6.07, 6.45) is -2.07. The van der Waals surface area contributed by atoms with Crippen LogP contribution in [0.5, 0.6) is 0 Å². The summed E-state index contributed by atoms with van der Waals surface area (Å²) in [5.74, 6) is 0.352. The van der Waals surface area contributed by atoms with Gasteiger partial charge in [-0.25, -0.2) is 0 Å². The smallest absolute Gasteiger partial charge is 0.299 e. The topological polar surface area (TPSA) is 20.3 Å². The third-order valence-electron chi connectivity index (χ3n) is 3.01. The van der Waals surface area contributed by atoms with Crippen LogP contribution >= 0.6 is 0 Å². The van der Waals surface area contributed by atoms with E-state index in [-0.39, 0.29) is 18.2 Å². The largest absolute Gasteiger partial charge is 0.401 e. The van der Waals surface area contributed by atoms with Crippen molar-refractivity contribution < 1.29 is 18.0 Å². The number of rotatable bonds is 3. The van der Waals surface area contributed by atoms with Crippen LogP contribution in [0.25, 0.3) is 0 Å². The SMILES string of the molecule is CC1CCC(=O)C(CN(C)CC(F)(F)F)C1. The molecule has 0 heterocycles. The minimum Gasteiger partial charge on any atom is -0.299 e. The van der Waals surface area contributed by atoms with E-state index in [9.17, 15) is 18.0 Å². The molecule has 94 valence electrons. The molecule has 2 nitrogen and oxygen atoms in total. The number of hydrogen-bond donors (Lipinski definition) is 0. The van der Waals surface area contributed by atoms with Crippen molar-refractivity contribution in [1.82, 2.24) is 4.90 Å². The first-order valence-electron chi connectivity index (χ1n) is 5.56. The molecule has 0 saturated heterocycles. The average molecular weight is 237 g/mol. The highest BCUT2D eigenvalue weighted by Crippen LogP contribution is 2.27. The molecule has 0 bridgehead atoms. The number of hydrogen-bond acceptors (Lipinski definition) is 2. The molecule has 1 fully saturated rings. The van der Waals surface area contributed by atoms with Crippen molar-refractivity contribution in [3.05, 3.63) is 0 Å². The predicted octanol–water partition coefficient (Wildman–Crippen LogP) is 2.49. The average Bonchev–Trinajstić information content (AvgIpc) is 2.08. The fourth-order valence-electron chi connectivity index (χ4n) is 2.25. The lowest BCUT2D eigenvalue weighted by Crippen LogP contribution is -2.38. The van der Waals surface area contributed by atoms with Crippen molar-refractivity contribution in [3.63, 3.8) is 0 Å². The van der Waals surface area contributed by atoms with Gasteiger partial charge in [-0.15, -0.1) is 0 Å². The zero-order valence-corrected chi connectivity index (χ0v) is 9.68. The third-order valence-corrected chi connectivity index (χ3v) is 3.01. The first-order chi connectivity index (χ1) is 7.28. The van der Waals surface area contributed by atoms with Crippen LogP contribution in [0.4, 0.5) is 13.2 Å². The van der Waals surface area contributed by atoms with Gasteiger partial charge in [0.05, 0.1) is 6.54 Å². The van der Waals surface area contributed by atoms with Gasteiger partial charge in [0.15, 0.2) is 0 Å². The lowest BCUT2D eigenvalue weighted by atomic mass is 9.81. The monoisotopic (exact) mass is 237 g/mol. The highest BCUT2D eigenvalue weighted by molar-refractivity contribution is 5.81. The normalized spacial score (nSPS) is 27.5. The van der Waals surface area contributed by atoms with Gasteiger partial charge >= 0.3 is 6.18 Å². The van der Waals surface area contributed by atoms with Crippen LogP contribution in [0.2, 0.25) is 0 Å². The van der Waals surface area contributed by atoms with Gasteiger partial charge in [0.1, 0.15) is 5.78 Å². The Morgan fingerprint density at radius 3 is 2.62 bits per heavy atom. The van der Waals surface area contributed by atoms with Gasteiger partial charge in [0.25, 0.3) is 0 Å². The maximum absolute atomic E-state index is 12.1. The zero-order valence-electron chi connectivity index (χ0n) is 9.68. The Bertz CT molecular complexity index is 252. The van der Waals surface area contributed by atoms with E-state index in [0.29, 0.717) is 12.3 Å². The summed E-state index contributed by atoms with van der Waals surface area (Å²) >= 11 is 0. The number of halogens is 3. The molecule has 1 saturated carbocycles. The van der Waals surface area contributed by atoms with Crippen LogP contribution in [-0.4, -0.2) is 37.0 Å². The Morgan fingerprint density at radius 1 is 1.44 bits per heavy atom. The number of carbonyl (C=O) groups excluding carboxylic acids is 1. The maximum Gasteiger partial charge on any atom is 0.401 e. The molecule has 1 rings (SSSR count). The van der Waals surface area contributed by atoms with Gasteiger partial charge in [-0.05, 0) is 25.8 Å². The first-order valence-corrected chi connectivity index (χ1v) is 5.56. The van der Waals surface area contributed by atoms with Gasteiger partial charge in [-0.3, -0.25) is 9.69 Å². The van der Waals surface area contributed by atoms with E-state index >= 15 is 0 Å². The molecule has 0 aliphatic heterocycles. The van der Waals surface area contributed by atoms with E-state index in [4.69, 9.17) is 0 Å². The standard InChI is InChI=1S/C11H18F3NO/c1-8-3-4-10(16)9(5-8)6-15(2)7-11(12,13)14/h8-9H,3-7H2,1-2H3. The second-order valence-corrected chi connectivity index (χ2v) is 4.85. The molecule has 1 aliphatic carbocycles. The van der Waals surface area contributed by atoms with Crippen molar-refractivity contribution in [2.24, 2.45) is 11.8 Å². The van der Waals surface area contributed by atoms with E-state index in [1.807, 2.05) is 6.92 Å². The molecule has 0 amide bonds. The molecule has 0 spiro atoms. The minimum atomic E-state index is -4.18. The van der Waals surface area contributed by atoms with Crippen molar-refractivity contribution in [1.29, 1.82) is 0 Å². The predicted molar refractivity (Wildman–Crippen MR) is 55.1 cm³/mol. The molecule has 0 aromatic carbocycles. The Labute approximate surface area is 93.8 Å². The lowest BCUT2D eigenvalue weighted by molar-refractivity contribution is -0.146. The zero-order chi connectivity index (χ0) is 12.3. The van der Waals surface area contributed by atoms with E-state index in [2.05, 4.69) is 0 Å². The summed E-state index contributed by atoms with van der Waals surface area (Å²) in [7, 11) is 1.42. The van der Waals surface area contributed by atoms with Crippen molar-refractivity contribution in [2.45, 2.75) is 32.4 Å². The van der Waals surface area contributed by atoms with Crippen molar-refractivity contribution >= 4 is 5.78 Å². The Balaban J connectivity index is 2.43. The summed E-state index contributed by atoms with van der Waals surface area (Å²) in [4.78, 5) is 12.7. The number of ketones is 1. The molecular formula is C11H18F3NO. The Hall–Kier alpha value is -0.580. The highest BCUT2D eigenvalue weighted by atomic mass is 19.4. The number of Topliss-reactive ketones (excluding diaryl/α,β-unsaturated/α-hetero) is 1. The van der Waals surface area contributed by atoms with E-state index in [0.717, 1.165) is 12.8 Å². The molecule has 16 heavy (non-hydrogen) atoms. The van der Waals surface area contributed by atoms with E-state index in [1.54, 1.807) is 0 Å². The van der Waals surface area contributed by atoms with Crippen LogP contribution in [0.3, 0.4) is 0 Å². The van der Waals surface area contributed by atoms with Crippen LogP contribution in [-0.2, 0) is 4.79 Å². The molecule has 5 heteroatoms. The van der Waals surface area contributed by atoms with Crippen molar-refractivity contribution in [2.75, 3.05) is 20.1 Å². The molecule has 0 aromatic rings. The van der Waals surface area contributed by atoms with Gasteiger partial charge in [-0.1, -0.05) is 6.92 Å². The number of nitrogens with zero attached hydrogens (tertiary/aromatic N) is 1. The molecule has 2 unspecified atom stereocenters. The van der Waals surface area contributed by atoms with Gasteiger partial charge in [0, 0.05) is 18.9 Å². The summed E-state index contributed by atoms with van der Waals surface area (Å²) in [5, 5.41) is 0. The van der Waals surface area contributed by atoms with E-state index < -0.39 is 12.7 Å². The fourth-order valence-corrected chi connectivity index (χ4v) is 2.25. The van der Waals surface area contributed by atoms with Crippen molar-refractivity contribution in [3.8, 4) is 0 Å². The molecule has 0 N–H and O–H groups in total. The molecule has 2 atom stereocenters. The molecular weight excluding hydrogens is 219 g/mol. The minimum absolute atomic E-state index is 0.118. The highest BCUT2D eigenvalue weighted by Gasteiger charge is 2.32. The number of carbonyl (C=O) groups is 1. The summed E-state index contributed by atoms with van der Waals surface area (Å²) < 4.78 is 36.3. The lowest BCUT2D eigenvalue weighted by Gasteiger charge is -2.29.